The summed E-state index contributed by atoms with van der Waals surface area (Å²) in [5.74, 6) is 0.109. The molecule has 2 fully saturated rings. The largest absolute Gasteiger partial charge is 0.378 e. The summed E-state index contributed by atoms with van der Waals surface area (Å²) in [7, 11) is 0. The number of carbonyl (C=O) groups excluding carboxylic acids is 1. The van der Waals surface area contributed by atoms with Gasteiger partial charge >= 0.3 is 0 Å². The highest BCUT2D eigenvalue weighted by atomic mass is 32.1. The van der Waals surface area contributed by atoms with Crippen LogP contribution in [0, 0.1) is 0 Å². The van der Waals surface area contributed by atoms with Crippen molar-refractivity contribution in [2.24, 2.45) is 0 Å². The highest BCUT2D eigenvalue weighted by Crippen LogP contribution is 2.19. The van der Waals surface area contributed by atoms with Gasteiger partial charge in [-0.25, -0.2) is 0 Å². The zero-order valence-electron chi connectivity index (χ0n) is 11.0. The SMILES string of the molecule is O=C(Cc1ccsc1)N[C@@H]1COC[C@H]1N1CCCC1. The van der Waals surface area contributed by atoms with Crippen LogP contribution in [0.1, 0.15) is 18.4 Å². The van der Waals surface area contributed by atoms with E-state index in [1.54, 1.807) is 11.3 Å². The van der Waals surface area contributed by atoms with E-state index in [1.807, 2.05) is 16.8 Å². The second kappa shape index (κ2) is 6.03. The third kappa shape index (κ3) is 3.16. The smallest absolute Gasteiger partial charge is 0.224 e. The van der Waals surface area contributed by atoms with E-state index >= 15 is 0 Å². The van der Waals surface area contributed by atoms with Gasteiger partial charge in [0.15, 0.2) is 0 Å². The van der Waals surface area contributed by atoms with E-state index in [1.165, 1.54) is 12.8 Å². The average molecular weight is 280 g/mol. The zero-order valence-corrected chi connectivity index (χ0v) is 11.8. The second-order valence-electron chi connectivity index (χ2n) is 5.33. The number of nitrogens with one attached hydrogen (secondary N) is 1. The quantitative estimate of drug-likeness (QED) is 0.903. The van der Waals surface area contributed by atoms with Crippen molar-refractivity contribution < 1.29 is 9.53 Å². The summed E-state index contributed by atoms with van der Waals surface area (Å²) in [5.41, 5.74) is 1.10. The molecule has 1 aromatic rings. The van der Waals surface area contributed by atoms with Gasteiger partial charge in [0.1, 0.15) is 0 Å². The maximum absolute atomic E-state index is 12.0. The molecule has 104 valence electrons. The van der Waals surface area contributed by atoms with E-state index in [2.05, 4.69) is 10.2 Å². The Kier molecular flexibility index (Phi) is 4.15. The molecule has 0 saturated carbocycles. The number of hydrogen-bond acceptors (Lipinski definition) is 4. The number of carbonyl (C=O) groups is 1. The van der Waals surface area contributed by atoms with Crippen LogP contribution >= 0.6 is 11.3 Å². The minimum absolute atomic E-state index is 0.109. The van der Waals surface area contributed by atoms with Gasteiger partial charge in [-0.2, -0.15) is 11.3 Å². The Balaban J connectivity index is 1.54. The second-order valence-corrected chi connectivity index (χ2v) is 6.11. The maximum atomic E-state index is 12.0. The first-order valence-corrected chi connectivity index (χ1v) is 7.89. The Morgan fingerprint density at radius 2 is 2.26 bits per heavy atom. The molecule has 0 spiro atoms. The van der Waals surface area contributed by atoms with E-state index in [0.717, 1.165) is 25.3 Å². The third-order valence-corrected chi connectivity index (χ3v) is 4.68. The predicted molar refractivity (Wildman–Crippen MR) is 75.4 cm³/mol. The van der Waals surface area contributed by atoms with Crippen LogP contribution in [0.25, 0.3) is 0 Å². The lowest BCUT2D eigenvalue weighted by Gasteiger charge is -2.27. The third-order valence-electron chi connectivity index (χ3n) is 3.95. The van der Waals surface area contributed by atoms with Gasteiger partial charge in [0.25, 0.3) is 0 Å². The molecule has 1 amide bonds. The van der Waals surface area contributed by atoms with Crippen molar-refractivity contribution in [1.29, 1.82) is 0 Å². The summed E-state index contributed by atoms with van der Waals surface area (Å²) in [6.07, 6.45) is 3.02. The van der Waals surface area contributed by atoms with Crippen LogP contribution < -0.4 is 5.32 Å². The van der Waals surface area contributed by atoms with Crippen molar-refractivity contribution in [3.8, 4) is 0 Å². The predicted octanol–water partition coefficient (Wildman–Crippen LogP) is 1.27. The van der Waals surface area contributed by atoms with Crippen molar-refractivity contribution >= 4 is 17.2 Å². The molecule has 1 aromatic heterocycles. The molecule has 0 radical (unpaired) electrons. The van der Waals surface area contributed by atoms with Gasteiger partial charge in [0.2, 0.25) is 5.91 Å². The molecule has 0 aromatic carbocycles. The molecule has 4 nitrogen and oxygen atoms in total. The summed E-state index contributed by atoms with van der Waals surface area (Å²) < 4.78 is 5.56. The Bertz CT molecular complexity index is 415. The molecule has 2 aliphatic heterocycles. The fourth-order valence-corrected chi connectivity index (χ4v) is 3.62. The number of amides is 1. The van der Waals surface area contributed by atoms with Gasteiger partial charge in [-0.15, -0.1) is 0 Å². The van der Waals surface area contributed by atoms with E-state index in [0.29, 0.717) is 19.1 Å². The highest BCUT2D eigenvalue weighted by molar-refractivity contribution is 7.07. The lowest BCUT2D eigenvalue weighted by Crippen LogP contribution is -2.50. The van der Waals surface area contributed by atoms with Crippen molar-refractivity contribution in [2.45, 2.75) is 31.3 Å². The normalized spacial score (nSPS) is 27.8. The Morgan fingerprint density at radius 1 is 1.42 bits per heavy atom. The number of nitrogens with zero attached hydrogens (tertiary/aromatic N) is 1. The molecule has 3 heterocycles. The first kappa shape index (κ1) is 13.1. The van der Waals surface area contributed by atoms with Crippen molar-refractivity contribution in [3.63, 3.8) is 0 Å². The van der Waals surface area contributed by atoms with Crippen LogP contribution in [0.3, 0.4) is 0 Å². The van der Waals surface area contributed by atoms with Gasteiger partial charge in [0, 0.05) is 0 Å². The van der Waals surface area contributed by atoms with Crippen molar-refractivity contribution in [3.05, 3.63) is 22.4 Å². The van der Waals surface area contributed by atoms with Crippen LogP contribution in [0.15, 0.2) is 16.8 Å². The molecule has 2 atom stereocenters. The molecular weight excluding hydrogens is 260 g/mol. The molecular formula is C14H20N2O2S. The van der Waals surface area contributed by atoms with Gasteiger partial charge in [-0.05, 0) is 48.3 Å². The molecule has 3 rings (SSSR count). The average Bonchev–Trinajstić information content (AvgIpc) is 3.09. The topological polar surface area (TPSA) is 41.6 Å². The van der Waals surface area contributed by atoms with E-state index in [4.69, 9.17) is 4.74 Å². The summed E-state index contributed by atoms with van der Waals surface area (Å²) in [6, 6.07) is 2.53. The van der Waals surface area contributed by atoms with Gasteiger partial charge in [0.05, 0.1) is 31.7 Å². The van der Waals surface area contributed by atoms with E-state index < -0.39 is 0 Å². The first-order valence-electron chi connectivity index (χ1n) is 6.95. The molecule has 2 saturated heterocycles. The van der Waals surface area contributed by atoms with Crippen LogP contribution in [0.2, 0.25) is 0 Å². The minimum atomic E-state index is 0.109. The highest BCUT2D eigenvalue weighted by Gasteiger charge is 2.35. The number of rotatable bonds is 4. The summed E-state index contributed by atoms with van der Waals surface area (Å²) in [4.78, 5) is 14.5. The van der Waals surface area contributed by atoms with Gasteiger partial charge in [-0.1, -0.05) is 0 Å². The molecule has 0 aliphatic carbocycles. The fraction of sp³-hybridized carbons (Fsp3) is 0.643. The maximum Gasteiger partial charge on any atom is 0.224 e. The number of hydrogen-bond donors (Lipinski definition) is 1. The first-order chi connectivity index (χ1) is 9.33. The Morgan fingerprint density at radius 3 is 3.00 bits per heavy atom. The minimum Gasteiger partial charge on any atom is -0.378 e. The number of thiophene rings is 1. The van der Waals surface area contributed by atoms with Gasteiger partial charge in [-0.3, -0.25) is 9.69 Å². The lowest BCUT2D eigenvalue weighted by molar-refractivity contribution is -0.121. The molecule has 19 heavy (non-hydrogen) atoms. The van der Waals surface area contributed by atoms with Crippen LogP contribution in [-0.4, -0.2) is 49.2 Å². The number of likely N-dealkylation sites (tertiary alicyclic amines) is 1. The molecule has 2 aliphatic rings. The van der Waals surface area contributed by atoms with E-state index in [9.17, 15) is 4.79 Å². The summed E-state index contributed by atoms with van der Waals surface area (Å²) in [5, 5.41) is 7.18. The summed E-state index contributed by atoms with van der Waals surface area (Å²) in [6.45, 7) is 3.69. The molecule has 1 N–H and O–H groups in total. The molecule has 5 heteroatoms. The van der Waals surface area contributed by atoms with Crippen LogP contribution in [0.5, 0.6) is 0 Å². The van der Waals surface area contributed by atoms with Crippen molar-refractivity contribution in [1.82, 2.24) is 10.2 Å². The monoisotopic (exact) mass is 280 g/mol. The standard InChI is InChI=1S/C14H20N2O2S/c17-14(7-11-3-6-19-10-11)15-12-8-18-9-13(12)16-4-1-2-5-16/h3,6,10,12-13H,1-2,4-5,7-9H2,(H,15,17)/t12-,13-/m1/s1. The van der Waals surface area contributed by atoms with Crippen molar-refractivity contribution in [2.75, 3.05) is 26.3 Å². The van der Waals surface area contributed by atoms with E-state index in [-0.39, 0.29) is 11.9 Å². The molecule has 0 unspecified atom stereocenters. The number of ether oxygens (including phenoxy) is 1. The lowest BCUT2D eigenvalue weighted by atomic mass is 10.1. The Labute approximate surface area is 117 Å². The Hall–Kier alpha value is -0.910. The zero-order chi connectivity index (χ0) is 13.1. The van der Waals surface area contributed by atoms with Gasteiger partial charge < -0.3 is 10.1 Å². The van der Waals surface area contributed by atoms with Crippen LogP contribution in [-0.2, 0) is 16.0 Å². The van der Waals surface area contributed by atoms with Crippen LogP contribution in [0.4, 0.5) is 0 Å². The fourth-order valence-electron chi connectivity index (χ4n) is 2.95. The summed E-state index contributed by atoms with van der Waals surface area (Å²) >= 11 is 1.63. The molecule has 0 bridgehead atoms.